The van der Waals surface area contributed by atoms with E-state index in [0.29, 0.717) is 17.0 Å². The molecule has 1 unspecified atom stereocenters. The number of hydrogen-bond donors (Lipinski definition) is 0. The van der Waals surface area contributed by atoms with Crippen LogP contribution in [0.3, 0.4) is 0 Å². The molecule has 0 N–H and O–H groups in total. The average Bonchev–Trinajstić information content (AvgIpc) is 2.77. The zero-order valence-corrected chi connectivity index (χ0v) is 18.7. The van der Waals surface area contributed by atoms with Gasteiger partial charge in [0.15, 0.2) is 11.6 Å². The number of allylic oxidation sites excluding steroid dienone is 1. The highest BCUT2D eigenvalue weighted by atomic mass is 19.2. The molecule has 5 nitrogen and oxygen atoms in total. The number of hydrogen-bond acceptors (Lipinski definition) is 4. The second-order valence-electron chi connectivity index (χ2n) is 8.22. The third-order valence-electron chi connectivity index (χ3n) is 5.45. The van der Waals surface area contributed by atoms with Gasteiger partial charge in [-0.1, -0.05) is 38.1 Å². The molecule has 0 aromatic heterocycles. The zero-order valence-electron chi connectivity index (χ0n) is 18.7. The summed E-state index contributed by atoms with van der Waals surface area (Å²) >= 11 is 0. The van der Waals surface area contributed by atoms with E-state index in [-0.39, 0.29) is 37.0 Å². The second-order valence-corrected chi connectivity index (χ2v) is 8.22. The SMILES string of the molecule is COc1cccc(C2CC(=O)N(Cc3cccc(F)c3F)C(C)=C2C(=O)OCC(C)C)c1. The summed E-state index contributed by atoms with van der Waals surface area (Å²) in [4.78, 5) is 27.5. The van der Waals surface area contributed by atoms with Gasteiger partial charge in [-0.3, -0.25) is 4.79 Å². The third-order valence-corrected chi connectivity index (χ3v) is 5.45. The normalized spacial score (nSPS) is 16.5. The minimum Gasteiger partial charge on any atom is -0.497 e. The van der Waals surface area contributed by atoms with Gasteiger partial charge in [-0.15, -0.1) is 0 Å². The molecule has 0 fully saturated rings. The molecule has 0 saturated carbocycles. The first-order chi connectivity index (χ1) is 15.2. The first-order valence-corrected chi connectivity index (χ1v) is 10.5. The third kappa shape index (κ3) is 4.98. The smallest absolute Gasteiger partial charge is 0.336 e. The first-order valence-electron chi connectivity index (χ1n) is 10.5. The minimum atomic E-state index is -1.01. The van der Waals surface area contributed by atoms with Crippen LogP contribution in [0, 0.1) is 17.6 Å². The number of benzene rings is 2. The van der Waals surface area contributed by atoms with Gasteiger partial charge in [-0.05, 0) is 36.6 Å². The predicted octanol–water partition coefficient (Wildman–Crippen LogP) is 4.96. The Morgan fingerprint density at radius 1 is 1.19 bits per heavy atom. The number of esters is 1. The molecule has 3 rings (SSSR count). The lowest BCUT2D eigenvalue weighted by Gasteiger charge is -2.34. The van der Waals surface area contributed by atoms with Crippen LogP contribution in [-0.4, -0.2) is 30.5 Å². The summed E-state index contributed by atoms with van der Waals surface area (Å²) in [5.74, 6) is -2.61. The molecule has 32 heavy (non-hydrogen) atoms. The summed E-state index contributed by atoms with van der Waals surface area (Å²) < 4.78 is 38.7. The Balaban J connectivity index is 2.04. The summed E-state index contributed by atoms with van der Waals surface area (Å²) in [5.41, 5.74) is 1.47. The summed E-state index contributed by atoms with van der Waals surface area (Å²) in [6.45, 7) is 5.54. The molecule has 0 radical (unpaired) electrons. The average molecular weight is 443 g/mol. The van der Waals surface area contributed by atoms with Gasteiger partial charge in [-0.25, -0.2) is 13.6 Å². The first kappa shape index (κ1) is 23.4. The molecule has 7 heteroatoms. The van der Waals surface area contributed by atoms with Crippen LogP contribution in [0.2, 0.25) is 0 Å². The van der Waals surface area contributed by atoms with Crippen molar-refractivity contribution in [3.05, 3.63) is 76.5 Å². The summed E-state index contributed by atoms with van der Waals surface area (Å²) in [7, 11) is 1.54. The van der Waals surface area contributed by atoms with Crippen molar-refractivity contribution in [2.24, 2.45) is 5.92 Å². The van der Waals surface area contributed by atoms with Crippen molar-refractivity contribution in [1.82, 2.24) is 4.90 Å². The number of halogens is 2. The van der Waals surface area contributed by atoms with E-state index in [2.05, 4.69) is 0 Å². The Morgan fingerprint density at radius 2 is 1.91 bits per heavy atom. The Morgan fingerprint density at radius 3 is 2.59 bits per heavy atom. The van der Waals surface area contributed by atoms with E-state index < -0.39 is 23.5 Å². The van der Waals surface area contributed by atoms with Crippen LogP contribution < -0.4 is 4.74 Å². The summed E-state index contributed by atoms with van der Waals surface area (Å²) in [6.07, 6.45) is -0.00639. The maximum atomic E-state index is 14.3. The van der Waals surface area contributed by atoms with E-state index in [1.54, 1.807) is 32.2 Å². The summed E-state index contributed by atoms with van der Waals surface area (Å²) in [6, 6.07) is 11.0. The van der Waals surface area contributed by atoms with Gasteiger partial charge in [0.2, 0.25) is 5.91 Å². The van der Waals surface area contributed by atoms with Crippen LogP contribution in [0.5, 0.6) is 5.75 Å². The number of amides is 1. The molecule has 1 atom stereocenters. The minimum absolute atomic E-state index is 0.00639. The second kappa shape index (κ2) is 9.94. The lowest BCUT2D eigenvalue weighted by molar-refractivity contribution is -0.141. The Bertz CT molecular complexity index is 1050. The predicted molar refractivity (Wildman–Crippen MR) is 116 cm³/mol. The summed E-state index contributed by atoms with van der Waals surface area (Å²) in [5, 5.41) is 0. The van der Waals surface area contributed by atoms with E-state index in [0.717, 1.165) is 11.6 Å². The van der Waals surface area contributed by atoms with Gasteiger partial charge in [0.1, 0.15) is 5.75 Å². The highest BCUT2D eigenvalue weighted by Crippen LogP contribution is 2.39. The van der Waals surface area contributed by atoms with Gasteiger partial charge in [0.05, 0.1) is 25.8 Å². The van der Waals surface area contributed by atoms with Gasteiger partial charge < -0.3 is 14.4 Å². The molecule has 0 bridgehead atoms. The van der Waals surface area contributed by atoms with Gasteiger partial charge in [0.25, 0.3) is 0 Å². The van der Waals surface area contributed by atoms with Crippen molar-refractivity contribution in [1.29, 1.82) is 0 Å². The van der Waals surface area contributed by atoms with Crippen LogP contribution in [-0.2, 0) is 20.9 Å². The quantitative estimate of drug-likeness (QED) is 0.568. The number of ether oxygens (including phenoxy) is 2. The topological polar surface area (TPSA) is 55.8 Å². The van der Waals surface area contributed by atoms with Crippen molar-refractivity contribution in [3.63, 3.8) is 0 Å². The van der Waals surface area contributed by atoms with Crippen molar-refractivity contribution in [2.75, 3.05) is 13.7 Å². The number of methoxy groups -OCH3 is 1. The van der Waals surface area contributed by atoms with Gasteiger partial charge in [-0.2, -0.15) is 0 Å². The van der Waals surface area contributed by atoms with Crippen molar-refractivity contribution >= 4 is 11.9 Å². The maximum Gasteiger partial charge on any atom is 0.336 e. The zero-order chi connectivity index (χ0) is 23.4. The van der Waals surface area contributed by atoms with Crippen LogP contribution in [0.25, 0.3) is 0 Å². The molecule has 0 spiro atoms. The largest absolute Gasteiger partial charge is 0.497 e. The van der Waals surface area contributed by atoms with Crippen LogP contribution >= 0.6 is 0 Å². The van der Waals surface area contributed by atoms with E-state index in [4.69, 9.17) is 9.47 Å². The van der Waals surface area contributed by atoms with Crippen LogP contribution in [0.15, 0.2) is 53.7 Å². The molecule has 1 heterocycles. The fourth-order valence-electron chi connectivity index (χ4n) is 3.77. The van der Waals surface area contributed by atoms with Crippen LogP contribution in [0.1, 0.15) is 44.2 Å². The van der Waals surface area contributed by atoms with E-state index >= 15 is 0 Å². The van der Waals surface area contributed by atoms with Gasteiger partial charge >= 0.3 is 5.97 Å². The van der Waals surface area contributed by atoms with Crippen molar-refractivity contribution in [2.45, 2.75) is 39.7 Å². The molecular formula is C25H27F2NO4. The number of carbonyl (C=O) groups excluding carboxylic acids is 2. The van der Waals surface area contributed by atoms with Crippen molar-refractivity contribution < 1.29 is 27.8 Å². The molecule has 1 aliphatic rings. The molecule has 2 aromatic carbocycles. The molecule has 1 amide bonds. The van der Waals surface area contributed by atoms with Gasteiger partial charge in [0, 0.05) is 23.6 Å². The Hall–Kier alpha value is -3.22. The highest BCUT2D eigenvalue weighted by molar-refractivity contribution is 5.95. The van der Waals surface area contributed by atoms with Crippen molar-refractivity contribution in [3.8, 4) is 5.75 Å². The number of rotatable bonds is 7. The lowest BCUT2D eigenvalue weighted by Crippen LogP contribution is -2.38. The lowest BCUT2D eigenvalue weighted by atomic mass is 9.83. The van der Waals surface area contributed by atoms with Crippen LogP contribution in [0.4, 0.5) is 8.78 Å². The Labute approximate surface area is 186 Å². The number of nitrogens with zero attached hydrogens (tertiary/aromatic N) is 1. The fourth-order valence-corrected chi connectivity index (χ4v) is 3.77. The number of carbonyl (C=O) groups is 2. The molecular weight excluding hydrogens is 416 g/mol. The fraction of sp³-hybridized carbons (Fsp3) is 0.360. The molecule has 170 valence electrons. The molecule has 2 aromatic rings. The molecule has 1 aliphatic heterocycles. The standard InChI is InChI=1S/C25H27F2NO4/c1-15(2)14-32-25(30)23-16(3)28(13-18-8-6-10-21(26)24(18)27)22(29)12-20(23)17-7-5-9-19(11-17)31-4/h5-11,15,20H,12-14H2,1-4H3. The molecule has 0 aliphatic carbocycles. The monoisotopic (exact) mass is 443 g/mol. The van der Waals surface area contributed by atoms with E-state index in [9.17, 15) is 18.4 Å². The molecule has 0 saturated heterocycles. The van der Waals surface area contributed by atoms with E-state index in [1.807, 2.05) is 19.9 Å². The Kier molecular flexibility index (Phi) is 7.28. The highest BCUT2D eigenvalue weighted by Gasteiger charge is 2.37. The maximum absolute atomic E-state index is 14.3. The van der Waals surface area contributed by atoms with E-state index in [1.165, 1.54) is 17.0 Å².